The van der Waals surface area contributed by atoms with E-state index in [1.165, 1.54) is 34.5 Å². The fraction of sp³-hybridized carbons (Fsp3) is 0.286. The van der Waals surface area contributed by atoms with Gasteiger partial charge in [0.1, 0.15) is 11.6 Å². The Balaban J connectivity index is 3.37. The molecule has 0 N–H and O–H groups in total. The van der Waals surface area contributed by atoms with E-state index in [2.05, 4.69) is 4.74 Å². The number of nitrogens with zero attached hydrogens (tertiary/aromatic N) is 1. The van der Waals surface area contributed by atoms with Crippen LogP contribution >= 0.6 is 0 Å². The van der Waals surface area contributed by atoms with Gasteiger partial charge in [0.25, 0.3) is 0 Å². The maximum atomic E-state index is 11.4. The molecule has 0 aliphatic heterocycles. The van der Waals surface area contributed by atoms with Gasteiger partial charge in [0.05, 0.1) is 28.4 Å². The van der Waals surface area contributed by atoms with Gasteiger partial charge in [-0.15, -0.1) is 0 Å². The molecule has 0 aliphatic rings. The predicted molar refractivity (Wildman–Crippen MR) is 71.7 cm³/mol. The van der Waals surface area contributed by atoms with Crippen molar-refractivity contribution in [2.24, 2.45) is 0 Å². The molecule has 106 valence electrons. The largest absolute Gasteiger partial charge is 0.493 e. The van der Waals surface area contributed by atoms with E-state index in [1.807, 2.05) is 0 Å². The Morgan fingerprint density at radius 3 is 2.00 bits per heavy atom. The number of hydrogen-bond donors (Lipinski definition) is 0. The number of ether oxygens (including phenoxy) is 4. The standard InChI is InChI=1S/C14H15NO5/c1-17-11-6-9(5-10(8-15)14(16)20-4)7-12(18-2)13(11)19-3/h5-7H,1-4H3/b10-5-. The molecule has 6 nitrogen and oxygen atoms in total. The van der Waals surface area contributed by atoms with Gasteiger partial charge in [-0.05, 0) is 23.8 Å². The van der Waals surface area contributed by atoms with E-state index < -0.39 is 5.97 Å². The highest BCUT2D eigenvalue weighted by atomic mass is 16.5. The zero-order valence-electron chi connectivity index (χ0n) is 11.7. The quantitative estimate of drug-likeness (QED) is 0.464. The Labute approximate surface area is 117 Å². The molecule has 1 rings (SSSR count). The summed E-state index contributed by atoms with van der Waals surface area (Å²) in [5, 5.41) is 8.94. The molecular formula is C14H15NO5. The summed E-state index contributed by atoms with van der Waals surface area (Å²) >= 11 is 0. The number of nitriles is 1. The fourth-order valence-corrected chi connectivity index (χ4v) is 1.60. The molecular weight excluding hydrogens is 262 g/mol. The lowest BCUT2D eigenvalue weighted by Crippen LogP contribution is -2.02. The molecule has 0 amide bonds. The van der Waals surface area contributed by atoms with E-state index in [4.69, 9.17) is 19.5 Å². The van der Waals surface area contributed by atoms with E-state index in [0.717, 1.165) is 0 Å². The third-order valence-corrected chi connectivity index (χ3v) is 2.52. The molecule has 0 aromatic heterocycles. The van der Waals surface area contributed by atoms with Gasteiger partial charge in [0, 0.05) is 0 Å². The van der Waals surface area contributed by atoms with Gasteiger partial charge in [0.2, 0.25) is 5.75 Å². The van der Waals surface area contributed by atoms with Crippen LogP contribution in [-0.4, -0.2) is 34.4 Å². The van der Waals surface area contributed by atoms with Gasteiger partial charge < -0.3 is 18.9 Å². The van der Waals surface area contributed by atoms with Crippen LogP contribution in [-0.2, 0) is 9.53 Å². The fourth-order valence-electron chi connectivity index (χ4n) is 1.60. The van der Waals surface area contributed by atoms with Crippen LogP contribution in [0, 0.1) is 11.3 Å². The summed E-state index contributed by atoms with van der Waals surface area (Å²) < 4.78 is 20.1. The van der Waals surface area contributed by atoms with Crippen LogP contribution in [0.3, 0.4) is 0 Å². The van der Waals surface area contributed by atoms with Crippen LogP contribution in [0.4, 0.5) is 0 Å². The minimum atomic E-state index is -0.707. The molecule has 0 aliphatic carbocycles. The minimum Gasteiger partial charge on any atom is -0.493 e. The summed E-state index contributed by atoms with van der Waals surface area (Å²) in [6.07, 6.45) is 1.39. The van der Waals surface area contributed by atoms with E-state index >= 15 is 0 Å². The van der Waals surface area contributed by atoms with Crippen molar-refractivity contribution in [3.8, 4) is 23.3 Å². The molecule has 0 spiro atoms. The van der Waals surface area contributed by atoms with Gasteiger partial charge in [-0.25, -0.2) is 4.79 Å². The van der Waals surface area contributed by atoms with Gasteiger partial charge >= 0.3 is 5.97 Å². The minimum absolute atomic E-state index is 0.123. The van der Waals surface area contributed by atoms with Crippen LogP contribution < -0.4 is 14.2 Å². The van der Waals surface area contributed by atoms with Crippen LogP contribution in [0.1, 0.15) is 5.56 Å². The van der Waals surface area contributed by atoms with Crippen LogP contribution in [0.2, 0.25) is 0 Å². The molecule has 0 fully saturated rings. The summed E-state index contributed by atoms with van der Waals surface area (Å²) in [5.41, 5.74) is 0.434. The molecule has 0 atom stereocenters. The zero-order valence-corrected chi connectivity index (χ0v) is 11.7. The predicted octanol–water partition coefficient (Wildman–Crippen LogP) is 1.79. The van der Waals surface area contributed by atoms with Gasteiger partial charge in [-0.2, -0.15) is 5.26 Å². The van der Waals surface area contributed by atoms with Crippen LogP contribution in [0.5, 0.6) is 17.2 Å². The second-order valence-electron chi connectivity index (χ2n) is 3.62. The summed E-state index contributed by atoms with van der Waals surface area (Å²) in [6, 6.07) is 5.03. The molecule has 6 heteroatoms. The first kappa shape index (κ1) is 15.4. The maximum absolute atomic E-state index is 11.4. The average Bonchev–Trinajstić information content (AvgIpc) is 2.50. The molecule has 0 heterocycles. The van der Waals surface area contributed by atoms with Gasteiger partial charge in [-0.3, -0.25) is 0 Å². The van der Waals surface area contributed by atoms with Crippen molar-refractivity contribution < 1.29 is 23.7 Å². The van der Waals surface area contributed by atoms with Crippen molar-refractivity contribution in [3.05, 3.63) is 23.3 Å². The van der Waals surface area contributed by atoms with E-state index in [0.29, 0.717) is 22.8 Å². The third kappa shape index (κ3) is 3.20. The van der Waals surface area contributed by atoms with Crippen molar-refractivity contribution in [3.63, 3.8) is 0 Å². The Morgan fingerprint density at radius 2 is 1.65 bits per heavy atom. The Bertz CT molecular complexity index is 546. The normalized spacial score (nSPS) is 10.4. The van der Waals surface area contributed by atoms with Crippen molar-refractivity contribution in [2.75, 3.05) is 28.4 Å². The van der Waals surface area contributed by atoms with E-state index in [-0.39, 0.29) is 5.57 Å². The molecule has 0 bridgehead atoms. The first-order valence-corrected chi connectivity index (χ1v) is 5.61. The second kappa shape index (κ2) is 7.04. The first-order chi connectivity index (χ1) is 9.60. The first-order valence-electron chi connectivity index (χ1n) is 5.61. The van der Waals surface area contributed by atoms with E-state index in [9.17, 15) is 4.79 Å². The molecule has 1 aromatic rings. The monoisotopic (exact) mass is 277 g/mol. The van der Waals surface area contributed by atoms with Crippen LogP contribution in [0.25, 0.3) is 6.08 Å². The second-order valence-corrected chi connectivity index (χ2v) is 3.62. The third-order valence-electron chi connectivity index (χ3n) is 2.52. The smallest absolute Gasteiger partial charge is 0.348 e. The van der Waals surface area contributed by atoms with Crippen molar-refractivity contribution >= 4 is 12.0 Å². The highest BCUT2D eigenvalue weighted by Crippen LogP contribution is 2.38. The van der Waals surface area contributed by atoms with Crippen molar-refractivity contribution in [2.45, 2.75) is 0 Å². The molecule has 0 saturated heterocycles. The number of hydrogen-bond acceptors (Lipinski definition) is 6. The van der Waals surface area contributed by atoms with Crippen molar-refractivity contribution in [1.82, 2.24) is 0 Å². The Hall–Kier alpha value is -2.68. The molecule has 0 radical (unpaired) electrons. The van der Waals surface area contributed by atoms with Gasteiger partial charge in [0.15, 0.2) is 11.5 Å². The molecule has 0 unspecified atom stereocenters. The SMILES string of the molecule is COC(=O)/C(C#N)=C\c1cc(OC)c(OC)c(OC)c1. The number of benzene rings is 1. The Morgan fingerprint density at radius 1 is 1.10 bits per heavy atom. The maximum Gasteiger partial charge on any atom is 0.348 e. The van der Waals surface area contributed by atoms with Crippen LogP contribution in [0.15, 0.2) is 17.7 Å². The average molecular weight is 277 g/mol. The van der Waals surface area contributed by atoms with E-state index in [1.54, 1.807) is 18.2 Å². The number of methoxy groups -OCH3 is 4. The molecule has 20 heavy (non-hydrogen) atoms. The zero-order chi connectivity index (χ0) is 15.1. The summed E-state index contributed by atoms with van der Waals surface area (Å²) in [6.45, 7) is 0. The number of carbonyl (C=O) groups excluding carboxylic acids is 1. The highest BCUT2D eigenvalue weighted by molar-refractivity contribution is 5.98. The molecule has 1 aromatic carbocycles. The number of carbonyl (C=O) groups is 1. The lowest BCUT2D eigenvalue weighted by atomic mass is 10.1. The van der Waals surface area contributed by atoms with Gasteiger partial charge in [-0.1, -0.05) is 0 Å². The number of rotatable bonds is 5. The lowest BCUT2D eigenvalue weighted by molar-refractivity contribution is -0.135. The highest BCUT2D eigenvalue weighted by Gasteiger charge is 2.14. The summed E-state index contributed by atoms with van der Waals surface area (Å²) in [5.74, 6) is 0.588. The molecule has 0 saturated carbocycles. The number of esters is 1. The van der Waals surface area contributed by atoms with Crippen molar-refractivity contribution in [1.29, 1.82) is 5.26 Å². The topological polar surface area (TPSA) is 77.8 Å². The summed E-state index contributed by atoms with van der Waals surface area (Å²) in [7, 11) is 5.67. The lowest BCUT2D eigenvalue weighted by Gasteiger charge is -2.12. The summed E-state index contributed by atoms with van der Waals surface area (Å²) in [4.78, 5) is 11.4. The Kier molecular flexibility index (Phi) is 5.42.